The maximum Gasteiger partial charge on any atom is 0.224 e. The zero-order valence-electron chi connectivity index (χ0n) is 29.4. The van der Waals surface area contributed by atoms with E-state index in [2.05, 4.69) is 44.5 Å². The minimum atomic E-state index is -0.579. The van der Waals surface area contributed by atoms with E-state index in [0.717, 1.165) is 44.4 Å². The van der Waals surface area contributed by atoms with E-state index in [1.54, 1.807) is 12.1 Å². The fraction of sp³-hybridized carbons (Fsp3) is 0.233. The molecule has 270 valence electrons. The molecule has 10 nitrogen and oxygen atoms in total. The molecule has 5 aromatic carbocycles. The van der Waals surface area contributed by atoms with Gasteiger partial charge in [0.15, 0.2) is 6.29 Å². The molecule has 1 fully saturated rings. The van der Waals surface area contributed by atoms with Gasteiger partial charge >= 0.3 is 0 Å². The van der Waals surface area contributed by atoms with Crippen LogP contribution in [-0.2, 0) is 38.8 Å². The van der Waals surface area contributed by atoms with Gasteiger partial charge in [0.2, 0.25) is 11.8 Å². The summed E-state index contributed by atoms with van der Waals surface area (Å²) in [5.41, 5.74) is 14.8. The molecule has 0 bridgehead atoms. The second-order valence-electron chi connectivity index (χ2n) is 13.3. The Morgan fingerprint density at radius 3 is 2.36 bits per heavy atom. The number of imidazole rings is 1. The van der Waals surface area contributed by atoms with E-state index in [1.165, 1.54) is 0 Å². The monoisotopic (exact) mass is 709 g/mol. The summed E-state index contributed by atoms with van der Waals surface area (Å²) in [6.45, 7) is 1.01. The summed E-state index contributed by atoms with van der Waals surface area (Å²) in [6.07, 6.45) is 2.53. The van der Waals surface area contributed by atoms with Gasteiger partial charge in [-0.15, -0.1) is 0 Å². The standard InChI is InChI=1S/C43H43N5O5/c44-36-9-1-2-10-37(36)47-42(51)14-6-13-41(50)45-25-30-7-5-8-34(23-30)31-19-21-33(22-20-31)43-52-35(26-48-28-46-38-11-3-4-12-39(38)48)24-40(53-43)32-17-15-29(27-49)16-18-32/h1-5,7-12,15-23,28,35,40,43,49H,6,13-14,24-27,44H2,(H,45,50)(H,47,51)/t35-,40+,43+/m0/s1. The fourth-order valence-electron chi connectivity index (χ4n) is 6.62. The number of nitrogens with zero attached hydrogens (tertiary/aromatic N) is 2. The number of aliphatic hydroxyl groups is 1. The van der Waals surface area contributed by atoms with Crippen molar-refractivity contribution < 1.29 is 24.2 Å². The van der Waals surface area contributed by atoms with Crippen molar-refractivity contribution in [1.29, 1.82) is 0 Å². The average Bonchev–Trinajstić information content (AvgIpc) is 3.60. The summed E-state index contributed by atoms with van der Waals surface area (Å²) >= 11 is 0. The third kappa shape index (κ3) is 8.99. The van der Waals surface area contributed by atoms with Crippen molar-refractivity contribution in [3.8, 4) is 11.1 Å². The molecule has 7 rings (SSSR count). The normalized spacial score (nSPS) is 17.0. The van der Waals surface area contributed by atoms with Gasteiger partial charge in [-0.1, -0.05) is 91.0 Å². The summed E-state index contributed by atoms with van der Waals surface area (Å²) in [6, 6.07) is 39.4. The van der Waals surface area contributed by atoms with Crippen molar-refractivity contribution in [1.82, 2.24) is 14.9 Å². The smallest absolute Gasteiger partial charge is 0.224 e. The molecular formula is C43H43N5O5. The van der Waals surface area contributed by atoms with E-state index >= 15 is 0 Å². The number of ether oxygens (including phenoxy) is 2. The lowest BCUT2D eigenvalue weighted by molar-refractivity contribution is -0.252. The van der Waals surface area contributed by atoms with Gasteiger partial charge in [0, 0.05) is 31.4 Å². The zero-order valence-corrected chi connectivity index (χ0v) is 29.4. The van der Waals surface area contributed by atoms with Crippen LogP contribution in [0.15, 0.2) is 128 Å². The number of benzene rings is 5. The molecule has 1 aromatic heterocycles. The lowest BCUT2D eigenvalue weighted by atomic mass is 9.99. The van der Waals surface area contributed by atoms with Crippen molar-refractivity contribution in [3.05, 3.63) is 150 Å². The maximum atomic E-state index is 12.6. The van der Waals surface area contributed by atoms with E-state index < -0.39 is 6.29 Å². The van der Waals surface area contributed by atoms with Crippen LogP contribution in [0, 0.1) is 0 Å². The SMILES string of the molecule is Nc1ccccc1NC(=O)CCCC(=O)NCc1cccc(-c2ccc([C@@H]3O[C@H](Cn4cnc5ccccc54)C[C@H](c4ccc(CO)cc4)O3)cc2)c1. The van der Waals surface area contributed by atoms with Gasteiger partial charge in [-0.25, -0.2) is 4.98 Å². The number of carbonyl (C=O) groups is 2. The number of fused-ring (bicyclic) bond motifs is 1. The molecule has 0 spiro atoms. The number of anilines is 2. The first-order valence-corrected chi connectivity index (χ1v) is 17.9. The number of aromatic nitrogens is 2. The molecule has 53 heavy (non-hydrogen) atoms. The lowest BCUT2D eigenvalue weighted by Gasteiger charge is -2.36. The Morgan fingerprint density at radius 2 is 1.55 bits per heavy atom. The van der Waals surface area contributed by atoms with Crippen molar-refractivity contribution in [3.63, 3.8) is 0 Å². The number of nitrogens with one attached hydrogen (secondary N) is 2. The number of hydrogen-bond acceptors (Lipinski definition) is 7. The minimum absolute atomic E-state index is 0.00818. The van der Waals surface area contributed by atoms with Gasteiger partial charge < -0.3 is 35.5 Å². The lowest BCUT2D eigenvalue weighted by Crippen LogP contribution is -2.32. The molecule has 5 N–H and O–H groups in total. The van der Waals surface area contributed by atoms with Crippen LogP contribution in [0.2, 0.25) is 0 Å². The highest BCUT2D eigenvalue weighted by molar-refractivity contribution is 5.94. The molecule has 2 heterocycles. The number of para-hydroxylation sites is 4. The van der Waals surface area contributed by atoms with Crippen molar-refractivity contribution in [2.24, 2.45) is 0 Å². The van der Waals surface area contributed by atoms with Crippen LogP contribution in [0.5, 0.6) is 0 Å². The Morgan fingerprint density at radius 1 is 0.792 bits per heavy atom. The summed E-state index contributed by atoms with van der Waals surface area (Å²) in [7, 11) is 0. The molecule has 2 amide bonds. The van der Waals surface area contributed by atoms with Gasteiger partial charge in [-0.3, -0.25) is 9.59 Å². The highest BCUT2D eigenvalue weighted by Gasteiger charge is 2.32. The van der Waals surface area contributed by atoms with Crippen LogP contribution in [0.1, 0.15) is 60.3 Å². The Labute approximate surface area is 308 Å². The molecular weight excluding hydrogens is 667 g/mol. The Kier molecular flexibility index (Phi) is 11.2. The predicted molar refractivity (Wildman–Crippen MR) is 205 cm³/mol. The molecule has 3 atom stereocenters. The quantitative estimate of drug-likeness (QED) is 0.0914. The molecule has 1 saturated heterocycles. The first-order chi connectivity index (χ1) is 25.9. The summed E-state index contributed by atoms with van der Waals surface area (Å²) in [4.78, 5) is 29.4. The second kappa shape index (κ2) is 16.7. The van der Waals surface area contributed by atoms with Crippen LogP contribution in [-0.4, -0.2) is 32.6 Å². The van der Waals surface area contributed by atoms with Crippen molar-refractivity contribution >= 4 is 34.2 Å². The first-order valence-electron chi connectivity index (χ1n) is 17.9. The second-order valence-corrected chi connectivity index (χ2v) is 13.3. The number of nitrogen functional groups attached to an aromatic ring is 1. The Bertz CT molecular complexity index is 2160. The van der Waals surface area contributed by atoms with Crippen LogP contribution in [0.4, 0.5) is 11.4 Å². The maximum absolute atomic E-state index is 12.6. The largest absolute Gasteiger partial charge is 0.397 e. The highest BCUT2D eigenvalue weighted by Crippen LogP contribution is 2.39. The third-order valence-electron chi connectivity index (χ3n) is 9.52. The van der Waals surface area contributed by atoms with Gasteiger partial charge in [-0.2, -0.15) is 0 Å². The van der Waals surface area contributed by atoms with E-state index in [-0.39, 0.29) is 43.5 Å². The van der Waals surface area contributed by atoms with Crippen LogP contribution in [0.25, 0.3) is 22.2 Å². The predicted octanol–water partition coefficient (Wildman–Crippen LogP) is 7.45. The zero-order chi connectivity index (χ0) is 36.6. The summed E-state index contributed by atoms with van der Waals surface area (Å²) in [5.74, 6) is -0.283. The molecule has 0 radical (unpaired) electrons. The van der Waals surface area contributed by atoms with Crippen LogP contribution >= 0.6 is 0 Å². The van der Waals surface area contributed by atoms with E-state index in [4.69, 9.17) is 15.2 Å². The van der Waals surface area contributed by atoms with Crippen LogP contribution < -0.4 is 16.4 Å². The van der Waals surface area contributed by atoms with E-state index in [9.17, 15) is 14.7 Å². The number of carbonyl (C=O) groups excluding carboxylic acids is 2. The molecule has 1 aliphatic heterocycles. The van der Waals surface area contributed by atoms with E-state index in [0.29, 0.717) is 37.3 Å². The van der Waals surface area contributed by atoms with Gasteiger partial charge in [0.1, 0.15) is 0 Å². The molecule has 0 aliphatic carbocycles. The van der Waals surface area contributed by atoms with Crippen LogP contribution in [0.3, 0.4) is 0 Å². The molecule has 0 saturated carbocycles. The molecule has 0 unspecified atom stereocenters. The third-order valence-corrected chi connectivity index (χ3v) is 9.52. The van der Waals surface area contributed by atoms with Gasteiger partial charge in [0.05, 0.1) is 54.1 Å². The summed E-state index contributed by atoms with van der Waals surface area (Å²) < 4.78 is 15.3. The van der Waals surface area contributed by atoms with E-state index in [1.807, 2.05) is 91.3 Å². The van der Waals surface area contributed by atoms with Crippen molar-refractivity contribution in [2.75, 3.05) is 11.1 Å². The summed E-state index contributed by atoms with van der Waals surface area (Å²) in [5, 5.41) is 15.3. The van der Waals surface area contributed by atoms with Gasteiger partial charge in [0.25, 0.3) is 0 Å². The number of aliphatic hydroxyl groups excluding tert-OH is 1. The van der Waals surface area contributed by atoms with Crippen molar-refractivity contribution in [2.45, 2.75) is 63.9 Å². The Balaban J connectivity index is 0.973. The molecule has 6 aromatic rings. The number of rotatable bonds is 13. The number of nitrogens with two attached hydrogens (primary N) is 1. The number of amides is 2. The Hall–Kier alpha value is -5.81. The average molecular weight is 710 g/mol. The number of hydrogen-bond donors (Lipinski definition) is 4. The molecule has 1 aliphatic rings. The molecule has 10 heteroatoms. The topological polar surface area (TPSA) is 141 Å². The minimum Gasteiger partial charge on any atom is -0.397 e. The first kappa shape index (κ1) is 35.6. The highest BCUT2D eigenvalue weighted by atomic mass is 16.7. The van der Waals surface area contributed by atoms with Gasteiger partial charge in [-0.05, 0) is 64.6 Å². The fourth-order valence-corrected chi connectivity index (χ4v) is 6.62.